The monoisotopic (exact) mass is 476 g/mol. The lowest BCUT2D eigenvalue weighted by atomic mass is 9.81. The van der Waals surface area contributed by atoms with Gasteiger partial charge in [-0.1, -0.05) is 109 Å². The maximum Gasteiger partial charge on any atom is 0.322 e. The summed E-state index contributed by atoms with van der Waals surface area (Å²) in [5, 5.41) is 3.42. The summed E-state index contributed by atoms with van der Waals surface area (Å²) < 4.78 is 0. The van der Waals surface area contributed by atoms with Crippen LogP contribution in [-0.2, 0) is 0 Å². The molecular formula is C32H48N2O. The molecule has 0 atom stereocenters. The second-order valence-corrected chi connectivity index (χ2v) is 11.1. The summed E-state index contributed by atoms with van der Waals surface area (Å²) in [6, 6.07) is 17.8. The predicted molar refractivity (Wildman–Crippen MR) is 151 cm³/mol. The molecule has 3 rings (SSSR count). The smallest absolute Gasteiger partial charge is 0.322 e. The highest BCUT2D eigenvalue weighted by molar-refractivity contribution is 5.91. The number of anilines is 1. The lowest BCUT2D eigenvalue weighted by Crippen LogP contribution is -2.45. The van der Waals surface area contributed by atoms with Crippen molar-refractivity contribution >= 4 is 11.7 Å². The van der Waals surface area contributed by atoms with Crippen molar-refractivity contribution in [2.75, 3.05) is 11.9 Å². The Labute approximate surface area is 214 Å². The number of unbranched alkanes of at least 4 members (excludes halogenated alkanes) is 4. The zero-order chi connectivity index (χ0) is 25.2. The van der Waals surface area contributed by atoms with Crippen LogP contribution < -0.4 is 5.32 Å². The number of hydrogen-bond donors (Lipinski definition) is 1. The van der Waals surface area contributed by atoms with Gasteiger partial charge in [0.1, 0.15) is 0 Å². The van der Waals surface area contributed by atoms with Crippen LogP contribution in [0.25, 0.3) is 0 Å². The van der Waals surface area contributed by atoms with Gasteiger partial charge in [-0.3, -0.25) is 0 Å². The normalized spacial score (nSPS) is 18.1. The van der Waals surface area contributed by atoms with Gasteiger partial charge in [0.15, 0.2) is 0 Å². The Morgan fingerprint density at radius 3 is 2.00 bits per heavy atom. The third-order valence-electron chi connectivity index (χ3n) is 7.78. The van der Waals surface area contributed by atoms with Crippen LogP contribution in [0.5, 0.6) is 0 Å². The molecule has 35 heavy (non-hydrogen) atoms. The van der Waals surface area contributed by atoms with Gasteiger partial charge in [0.2, 0.25) is 0 Å². The van der Waals surface area contributed by atoms with Gasteiger partial charge in [0.05, 0.1) is 0 Å². The molecule has 1 N–H and O–H groups in total. The maximum absolute atomic E-state index is 13.8. The number of nitrogens with one attached hydrogen (secondary N) is 1. The van der Waals surface area contributed by atoms with Crippen molar-refractivity contribution in [3.63, 3.8) is 0 Å². The van der Waals surface area contributed by atoms with Crippen LogP contribution in [0.2, 0.25) is 0 Å². The van der Waals surface area contributed by atoms with Crippen LogP contribution in [0.3, 0.4) is 0 Å². The molecule has 0 heterocycles. The molecule has 1 aliphatic carbocycles. The van der Waals surface area contributed by atoms with Crippen molar-refractivity contribution < 1.29 is 4.79 Å². The summed E-state index contributed by atoms with van der Waals surface area (Å²) >= 11 is 0. The molecule has 2 aromatic carbocycles. The number of rotatable bonds is 11. The Morgan fingerprint density at radius 1 is 0.829 bits per heavy atom. The number of urea groups is 1. The van der Waals surface area contributed by atoms with E-state index < -0.39 is 0 Å². The van der Waals surface area contributed by atoms with Gasteiger partial charge in [0.25, 0.3) is 0 Å². The summed E-state index contributed by atoms with van der Waals surface area (Å²) in [6.07, 6.45) is 10.6. The van der Waals surface area contributed by atoms with Crippen LogP contribution in [-0.4, -0.2) is 23.5 Å². The minimum atomic E-state index is 0.0960. The predicted octanol–water partition coefficient (Wildman–Crippen LogP) is 9.46. The van der Waals surface area contributed by atoms with Gasteiger partial charge in [-0.25, -0.2) is 4.79 Å². The average molecular weight is 477 g/mol. The highest BCUT2D eigenvalue weighted by Gasteiger charge is 2.30. The molecule has 0 unspecified atom stereocenters. The summed E-state index contributed by atoms with van der Waals surface area (Å²) in [6.45, 7) is 12.0. The molecule has 1 aliphatic rings. The van der Waals surface area contributed by atoms with Crippen molar-refractivity contribution in [1.29, 1.82) is 0 Å². The minimum Gasteiger partial charge on any atom is -0.322 e. The van der Waals surface area contributed by atoms with Crippen LogP contribution in [0.15, 0.2) is 48.5 Å². The number of carbonyl (C=O) groups excluding carboxylic acids is 1. The van der Waals surface area contributed by atoms with Gasteiger partial charge >= 0.3 is 6.03 Å². The standard InChI is InChI=1S/C32H48N2O/c1-6-7-8-9-13-23-34(28-21-19-27(20-22-28)26-15-11-10-12-16-26)32(35)33-31-29(24(2)3)17-14-18-30(31)25(4)5/h10-12,14-18,24-25,27-28H,6-9,13,19-23H2,1-5H3,(H,33,35). The first-order chi connectivity index (χ1) is 16.9. The van der Waals surface area contributed by atoms with Gasteiger partial charge in [-0.05, 0) is 66.5 Å². The van der Waals surface area contributed by atoms with E-state index in [1.807, 2.05) is 0 Å². The first kappa shape index (κ1) is 27.3. The molecule has 0 aliphatic heterocycles. The number of benzene rings is 2. The second-order valence-electron chi connectivity index (χ2n) is 11.1. The Morgan fingerprint density at radius 2 is 1.43 bits per heavy atom. The average Bonchev–Trinajstić information content (AvgIpc) is 2.86. The van der Waals surface area contributed by atoms with Crippen molar-refractivity contribution in [3.05, 3.63) is 65.2 Å². The Balaban J connectivity index is 1.75. The zero-order valence-electron chi connectivity index (χ0n) is 22.9. The van der Waals surface area contributed by atoms with E-state index in [4.69, 9.17) is 0 Å². The van der Waals surface area contributed by atoms with Crippen LogP contribution in [0.1, 0.15) is 127 Å². The SMILES string of the molecule is CCCCCCCN(C(=O)Nc1c(C(C)C)cccc1C(C)C)C1CCC(c2ccccc2)CC1. The lowest BCUT2D eigenvalue weighted by molar-refractivity contribution is 0.161. The fraction of sp³-hybridized carbons (Fsp3) is 0.594. The van der Waals surface area contributed by atoms with E-state index in [1.165, 1.54) is 42.4 Å². The Kier molecular flexibility index (Phi) is 10.7. The van der Waals surface area contributed by atoms with E-state index in [0.717, 1.165) is 44.3 Å². The number of para-hydroxylation sites is 1. The van der Waals surface area contributed by atoms with Crippen molar-refractivity contribution in [2.45, 2.75) is 116 Å². The van der Waals surface area contributed by atoms with Crippen molar-refractivity contribution in [3.8, 4) is 0 Å². The Bertz CT molecular complexity index is 871. The first-order valence-corrected chi connectivity index (χ1v) is 14.2. The van der Waals surface area contributed by atoms with E-state index in [9.17, 15) is 4.79 Å². The van der Waals surface area contributed by atoms with Gasteiger partial charge in [-0.2, -0.15) is 0 Å². The molecule has 0 saturated heterocycles. The van der Waals surface area contributed by atoms with Crippen LogP contribution in [0.4, 0.5) is 10.5 Å². The summed E-state index contributed by atoms with van der Waals surface area (Å²) in [5.74, 6) is 1.36. The molecule has 2 aromatic rings. The maximum atomic E-state index is 13.8. The molecule has 0 spiro atoms. The zero-order valence-corrected chi connectivity index (χ0v) is 22.9. The van der Waals surface area contributed by atoms with E-state index in [2.05, 4.69) is 93.4 Å². The highest BCUT2D eigenvalue weighted by atomic mass is 16.2. The van der Waals surface area contributed by atoms with E-state index >= 15 is 0 Å². The molecule has 3 heteroatoms. The van der Waals surface area contributed by atoms with E-state index in [-0.39, 0.29) is 6.03 Å². The van der Waals surface area contributed by atoms with Crippen LogP contribution >= 0.6 is 0 Å². The quantitative estimate of drug-likeness (QED) is 0.322. The fourth-order valence-corrected chi connectivity index (χ4v) is 5.66. The second kappa shape index (κ2) is 13.7. The summed E-state index contributed by atoms with van der Waals surface area (Å²) in [5.41, 5.74) is 4.96. The topological polar surface area (TPSA) is 32.3 Å². The molecule has 3 nitrogen and oxygen atoms in total. The van der Waals surface area contributed by atoms with Crippen molar-refractivity contribution in [2.24, 2.45) is 0 Å². The first-order valence-electron chi connectivity index (χ1n) is 14.2. The molecule has 0 aromatic heterocycles. The molecule has 1 saturated carbocycles. The third kappa shape index (κ3) is 7.59. The number of hydrogen-bond acceptors (Lipinski definition) is 1. The van der Waals surface area contributed by atoms with E-state index in [1.54, 1.807) is 0 Å². The fourth-order valence-electron chi connectivity index (χ4n) is 5.66. The molecule has 0 radical (unpaired) electrons. The molecule has 192 valence electrons. The summed E-state index contributed by atoms with van der Waals surface area (Å²) in [7, 11) is 0. The highest BCUT2D eigenvalue weighted by Crippen LogP contribution is 2.36. The number of carbonyl (C=O) groups is 1. The van der Waals surface area contributed by atoms with E-state index in [0.29, 0.717) is 23.8 Å². The van der Waals surface area contributed by atoms with Gasteiger partial charge < -0.3 is 10.2 Å². The largest absolute Gasteiger partial charge is 0.322 e. The molecule has 2 amide bonds. The van der Waals surface area contributed by atoms with Crippen LogP contribution in [0, 0.1) is 0 Å². The molecule has 1 fully saturated rings. The van der Waals surface area contributed by atoms with Gasteiger partial charge in [-0.15, -0.1) is 0 Å². The molecular weight excluding hydrogens is 428 g/mol. The Hall–Kier alpha value is -2.29. The van der Waals surface area contributed by atoms with Gasteiger partial charge in [0, 0.05) is 18.3 Å². The summed E-state index contributed by atoms with van der Waals surface area (Å²) in [4.78, 5) is 16.0. The third-order valence-corrected chi connectivity index (χ3v) is 7.78. The van der Waals surface area contributed by atoms with Crippen molar-refractivity contribution in [1.82, 2.24) is 4.90 Å². The number of amides is 2. The number of nitrogens with zero attached hydrogens (tertiary/aromatic N) is 1. The lowest BCUT2D eigenvalue weighted by Gasteiger charge is -2.37. The minimum absolute atomic E-state index is 0.0960. The molecule has 0 bridgehead atoms.